The van der Waals surface area contributed by atoms with E-state index in [4.69, 9.17) is 0 Å². The number of nitrogens with one attached hydrogen (secondary N) is 2. The lowest BCUT2D eigenvalue weighted by Gasteiger charge is -2.10. The van der Waals surface area contributed by atoms with Crippen molar-refractivity contribution >= 4 is 0 Å². The topological polar surface area (TPSA) is 40.7 Å². The fourth-order valence-electron chi connectivity index (χ4n) is 2.72. The fourth-order valence-corrected chi connectivity index (χ4v) is 2.72. The van der Waals surface area contributed by atoms with Gasteiger partial charge in [-0.3, -0.25) is 5.10 Å². The molecule has 0 amide bonds. The molecule has 3 heteroatoms. The highest BCUT2D eigenvalue weighted by molar-refractivity contribution is 5.71. The van der Waals surface area contributed by atoms with Crippen LogP contribution in [0.2, 0.25) is 0 Å². The highest BCUT2D eigenvalue weighted by Crippen LogP contribution is 2.30. The molecule has 102 valence electrons. The minimum Gasteiger partial charge on any atom is -0.319 e. The summed E-state index contributed by atoms with van der Waals surface area (Å²) in [4.78, 5) is 0. The zero-order valence-electron chi connectivity index (χ0n) is 12.5. The number of likely N-dealkylation sites (N-methyl/N-ethyl adjacent to an activating group) is 1. The van der Waals surface area contributed by atoms with Gasteiger partial charge < -0.3 is 5.32 Å². The van der Waals surface area contributed by atoms with E-state index in [1.807, 2.05) is 7.05 Å². The number of H-pyrrole nitrogens is 1. The Balaban J connectivity index is 2.45. The molecule has 0 aliphatic heterocycles. The SMILES string of the molecule is CNCCc1[nH]nc(-c2c(C)cc(C)cc2C)c1C. The normalized spacial score (nSPS) is 11.0. The maximum Gasteiger partial charge on any atom is 0.0957 e. The number of benzene rings is 1. The molecule has 0 atom stereocenters. The van der Waals surface area contributed by atoms with Crippen molar-refractivity contribution in [2.45, 2.75) is 34.1 Å². The third-order valence-corrected chi connectivity index (χ3v) is 3.65. The Morgan fingerprint density at radius 2 is 1.74 bits per heavy atom. The first-order valence-corrected chi connectivity index (χ1v) is 6.81. The second-order valence-electron chi connectivity index (χ2n) is 5.30. The minimum atomic E-state index is 0.967. The van der Waals surface area contributed by atoms with Crippen LogP contribution < -0.4 is 5.32 Å². The third kappa shape index (κ3) is 2.71. The second kappa shape index (κ2) is 5.57. The average Bonchev–Trinajstić information content (AvgIpc) is 2.68. The van der Waals surface area contributed by atoms with Crippen LogP contribution in [0.4, 0.5) is 0 Å². The summed E-state index contributed by atoms with van der Waals surface area (Å²) in [7, 11) is 1.97. The van der Waals surface area contributed by atoms with Crippen LogP contribution in [0.25, 0.3) is 11.3 Å². The van der Waals surface area contributed by atoms with Crippen LogP contribution in [-0.2, 0) is 6.42 Å². The summed E-state index contributed by atoms with van der Waals surface area (Å²) in [5.74, 6) is 0. The smallest absolute Gasteiger partial charge is 0.0957 e. The molecule has 1 heterocycles. The molecule has 1 aromatic heterocycles. The van der Waals surface area contributed by atoms with Gasteiger partial charge in [0.05, 0.1) is 5.69 Å². The summed E-state index contributed by atoms with van der Waals surface area (Å²) in [6, 6.07) is 4.45. The Labute approximate surface area is 115 Å². The maximum atomic E-state index is 4.54. The van der Waals surface area contributed by atoms with E-state index in [0.29, 0.717) is 0 Å². The Morgan fingerprint density at radius 3 is 2.32 bits per heavy atom. The van der Waals surface area contributed by atoms with Crippen LogP contribution in [-0.4, -0.2) is 23.8 Å². The lowest BCUT2D eigenvalue weighted by molar-refractivity contribution is 0.769. The van der Waals surface area contributed by atoms with Gasteiger partial charge in [-0.25, -0.2) is 0 Å². The van der Waals surface area contributed by atoms with Crippen molar-refractivity contribution in [1.29, 1.82) is 0 Å². The molecule has 3 nitrogen and oxygen atoms in total. The minimum absolute atomic E-state index is 0.967. The first-order valence-electron chi connectivity index (χ1n) is 6.81. The monoisotopic (exact) mass is 257 g/mol. The highest BCUT2D eigenvalue weighted by Gasteiger charge is 2.14. The third-order valence-electron chi connectivity index (χ3n) is 3.65. The second-order valence-corrected chi connectivity index (χ2v) is 5.30. The predicted octanol–water partition coefficient (Wildman–Crippen LogP) is 3.07. The molecule has 0 bridgehead atoms. The van der Waals surface area contributed by atoms with Gasteiger partial charge in [0.2, 0.25) is 0 Å². The summed E-state index contributed by atoms with van der Waals surface area (Å²) < 4.78 is 0. The van der Waals surface area contributed by atoms with E-state index in [0.717, 1.165) is 18.7 Å². The van der Waals surface area contributed by atoms with Crippen molar-refractivity contribution in [2.24, 2.45) is 0 Å². The standard InChI is InChI=1S/C16H23N3/c1-10-8-11(2)15(12(3)9-10)16-13(4)14(18-19-16)6-7-17-5/h8-9,17H,6-7H2,1-5H3,(H,18,19). The molecule has 0 aliphatic rings. The van der Waals surface area contributed by atoms with Gasteiger partial charge in [-0.15, -0.1) is 0 Å². The van der Waals surface area contributed by atoms with Crippen LogP contribution in [0.3, 0.4) is 0 Å². The van der Waals surface area contributed by atoms with E-state index in [1.165, 1.54) is 33.5 Å². The number of aromatic nitrogens is 2. The van der Waals surface area contributed by atoms with E-state index in [1.54, 1.807) is 0 Å². The van der Waals surface area contributed by atoms with E-state index in [9.17, 15) is 0 Å². The van der Waals surface area contributed by atoms with E-state index in [-0.39, 0.29) is 0 Å². The Kier molecular flexibility index (Phi) is 4.05. The Morgan fingerprint density at radius 1 is 1.11 bits per heavy atom. The van der Waals surface area contributed by atoms with Gasteiger partial charge in [-0.2, -0.15) is 5.10 Å². The van der Waals surface area contributed by atoms with Crippen molar-refractivity contribution in [3.05, 3.63) is 40.1 Å². The first-order chi connectivity index (χ1) is 9.04. The average molecular weight is 257 g/mol. The molecule has 2 aromatic rings. The number of aryl methyl sites for hydroxylation is 3. The molecule has 0 aliphatic carbocycles. The summed E-state index contributed by atoms with van der Waals surface area (Å²) in [5, 5.41) is 10.9. The number of rotatable bonds is 4. The van der Waals surface area contributed by atoms with Crippen LogP contribution in [0.5, 0.6) is 0 Å². The maximum absolute atomic E-state index is 4.54. The zero-order valence-corrected chi connectivity index (χ0v) is 12.5. The quantitative estimate of drug-likeness (QED) is 0.883. The van der Waals surface area contributed by atoms with Crippen molar-refractivity contribution < 1.29 is 0 Å². The molecule has 2 N–H and O–H groups in total. The summed E-state index contributed by atoms with van der Waals surface area (Å²) in [6.07, 6.45) is 0.985. The summed E-state index contributed by atoms with van der Waals surface area (Å²) in [6.45, 7) is 9.59. The largest absolute Gasteiger partial charge is 0.319 e. The molecule has 2 rings (SSSR count). The van der Waals surface area contributed by atoms with Crippen LogP contribution >= 0.6 is 0 Å². The summed E-state index contributed by atoms with van der Waals surface area (Å²) >= 11 is 0. The van der Waals surface area contributed by atoms with E-state index < -0.39 is 0 Å². The fraction of sp³-hybridized carbons (Fsp3) is 0.438. The Bertz CT molecular complexity index is 559. The lowest BCUT2D eigenvalue weighted by Crippen LogP contribution is -2.11. The lowest BCUT2D eigenvalue weighted by atomic mass is 9.95. The molecule has 19 heavy (non-hydrogen) atoms. The van der Waals surface area contributed by atoms with Gasteiger partial charge >= 0.3 is 0 Å². The zero-order chi connectivity index (χ0) is 14.0. The summed E-state index contributed by atoms with van der Waals surface area (Å²) in [5.41, 5.74) is 8.77. The van der Waals surface area contributed by atoms with Crippen LogP contribution in [0, 0.1) is 27.7 Å². The molecule has 0 spiro atoms. The number of aromatic amines is 1. The molecule has 0 fully saturated rings. The molecular formula is C16H23N3. The number of hydrogen-bond acceptors (Lipinski definition) is 2. The molecule has 1 aromatic carbocycles. The van der Waals surface area contributed by atoms with Crippen LogP contribution in [0.15, 0.2) is 12.1 Å². The van der Waals surface area contributed by atoms with Gasteiger partial charge in [-0.1, -0.05) is 17.7 Å². The molecular weight excluding hydrogens is 234 g/mol. The molecule has 0 saturated carbocycles. The molecule has 0 saturated heterocycles. The van der Waals surface area contributed by atoms with Crippen LogP contribution in [0.1, 0.15) is 27.9 Å². The van der Waals surface area contributed by atoms with Gasteiger partial charge in [0.1, 0.15) is 0 Å². The van der Waals surface area contributed by atoms with Crippen molar-refractivity contribution in [3.63, 3.8) is 0 Å². The highest BCUT2D eigenvalue weighted by atomic mass is 15.1. The molecule has 0 unspecified atom stereocenters. The van der Waals surface area contributed by atoms with Gasteiger partial charge in [-0.05, 0) is 51.4 Å². The predicted molar refractivity (Wildman–Crippen MR) is 80.6 cm³/mol. The van der Waals surface area contributed by atoms with E-state index in [2.05, 4.69) is 55.3 Å². The van der Waals surface area contributed by atoms with Gasteiger partial charge in [0, 0.05) is 24.2 Å². The molecule has 0 radical (unpaired) electrons. The van der Waals surface area contributed by atoms with Gasteiger partial charge in [0.15, 0.2) is 0 Å². The van der Waals surface area contributed by atoms with Crippen molar-refractivity contribution in [3.8, 4) is 11.3 Å². The van der Waals surface area contributed by atoms with E-state index >= 15 is 0 Å². The van der Waals surface area contributed by atoms with Crippen molar-refractivity contribution in [2.75, 3.05) is 13.6 Å². The van der Waals surface area contributed by atoms with Gasteiger partial charge in [0.25, 0.3) is 0 Å². The van der Waals surface area contributed by atoms with Crippen molar-refractivity contribution in [1.82, 2.24) is 15.5 Å². The number of nitrogens with zero attached hydrogens (tertiary/aromatic N) is 1. The first kappa shape index (κ1) is 13.8. The number of hydrogen-bond donors (Lipinski definition) is 2. The Hall–Kier alpha value is -1.61.